The van der Waals surface area contributed by atoms with E-state index in [1.165, 1.54) is 17.6 Å². The largest absolute Gasteiger partial charge is 0.328 e. The summed E-state index contributed by atoms with van der Waals surface area (Å²) in [6.07, 6.45) is 9.45. The molecule has 1 atom stereocenters. The van der Waals surface area contributed by atoms with Crippen LogP contribution in [0.15, 0.2) is 36.0 Å². The molecule has 0 fully saturated rings. The van der Waals surface area contributed by atoms with E-state index in [4.69, 9.17) is 5.73 Å². The van der Waals surface area contributed by atoms with E-state index in [9.17, 15) is 0 Å². The molecule has 0 bridgehead atoms. The summed E-state index contributed by atoms with van der Waals surface area (Å²) in [7, 11) is 0. The highest BCUT2D eigenvalue weighted by atomic mass is 14.6. The summed E-state index contributed by atoms with van der Waals surface area (Å²) in [5.74, 6) is 0. The fraction of sp³-hybridized carbons (Fsp3) is 0.600. The third kappa shape index (κ3) is 9.72. The Morgan fingerprint density at radius 1 is 1.38 bits per heavy atom. The molecule has 16 heavy (non-hydrogen) atoms. The van der Waals surface area contributed by atoms with Gasteiger partial charge in [0, 0.05) is 6.04 Å². The molecule has 0 aliphatic rings. The number of rotatable bonds is 6. The molecule has 0 aliphatic heterocycles. The van der Waals surface area contributed by atoms with E-state index in [1.807, 2.05) is 19.9 Å². The van der Waals surface area contributed by atoms with Gasteiger partial charge in [0.2, 0.25) is 0 Å². The zero-order chi connectivity index (χ0) is 13.0. The van der Waals surface area contributed by atoms with Gasteiger partial charge < -0.3 is 5.73 Å². The van der Waals surface area contributed by atoms with Gasteiger partial charge in [-0.2, -0.15) is 0 Å². The van der Waals surface area contributed by atoms with Crippen molar-refractivity contribution in [1.29, 1.82) is 0 Å². The Labute approximate surface area is 102 Å². The lowest BCUT2D eigenvalue weighted by Crippen LogP contribution is -2.14. The second-order valence-corrected chi connectivity index (χ2v) is 3.77. The van der Waals surface area contributed by atoms with E-state index >= 15 is 0 Å². The predicted molar refractivity (Wildman–Crippen MR) is 76.6 cm³/mol. The minimum atomic E-state index is 0.316. The quantitative estimate of drug-likeness (QED) is 0.654. The summed E-state index contributed by atoms with van der Waals surface area (Å²) >= 11 is 0. The predicted octanol–water partition coefficient (Wildman–Crippen LogP) is 4.61. The molecule has 0 aliphatic carbocycles. The summed E-state index contributed by atoms with van der Waals surface area (Å²) in [6.45, 7) is 14.0. The van der Waals surface area contributed by atoms with Crippen molar-refractivity contribution in [3.8, 4) is 0 Å². The van der Waals surface area contributed by atoms with Crippen LogP contribution in [0, 0.1) is 0 Å². The van der Waals surface area contributed by atoms with Crippen LogP contribution in [0.25, 0.3) is 0 Å². The molecular weight excluding hydrogens is 194 g/mol. The third-order valence-corrected chi connectivity index (χ3v) is 2.33. The molecule has 0 rings (SSSR count). The van der Waals surface area contributed by atoms with Gasteiger partial charge in [0.25, 0.3) is 0 Å². The Kier molecular flexibility index (Phi) is 13.5. The van der Waals surface area contributed by atoms with Crippen molar-refractivity contribution in [2.24, 2.45) is 5.73 Å². The summed E-state index contributed by atoms with van der Waals surface area (Å²) in [5, 5.41) is 0. The third-order valence-electron chi connectivity index (χ3n) is 2.33. The zero-order valence-electron chi connectivity index (χ0n) is 11.7. The first-order chi connectivity index (χ1) is 7.61. The zero-order valence-corrected chi connectivity index (χ0v) is 11.7. The first-order valence-electron chi connectivity index (χ1n) is 6.32. The highest BCUT2D eigenvalue weighted by Gasteiger charge is 2.00. The molecule has 2 N–H and O–H groups in total. The molecule has 0 heterocycles. The van der Waals surface area contributed by atoms with Crippen LogP contribution in [0.5, 0.6) is 0 Å². The van der Waals surface area contributed by atoms with Crippen molar-refractivity contribution in [3.05, 3.63) is 36.0 Å². The standard InChI is InChI=1S/C13H23N.C2H6/c1-5-8-11(3)13(6-2)10-7-9-12(4)14;1-2/h5-6,8,12H,1,7,9-10,14H2,2-4H3;1-2H3/b11-8-,13-6-;. The second-order valence-electron chi connectivity index (χ2n) is 3.77. The molecule has 1 unspecified atom stereocenters. The second kappa shape index (κ2) is 12.3. The normalized spacial score (nSPS) is 13.9. The summed E-state index contributed by atoms with van der Waals surface area (Å²) < 4.78 is 0. The Balaban J connectivity index is 0. The molecule has 0 radical (unpaired) electrons. The van der Waals surface area contributed by atoms with Gasteiger partial charge in [-0.3, -0.25) is 0 Å². The number of hydrogen-bond donors (Lipinski definition) is 1. The van der Waals surface area contributed by atoms with Crippen molar-refractivity contribution in [2.45, 2.75) is 59.9 Å². The van der Waals surface area contributed by atoms with Gasteiger partial charge in [-0.15, -0.1) is 0 Å². The molecule has 0 aromatic rings. The molecule has 1 nitrogen and oxygen atoms in total. The molecule has 0 amide bonds. The van der Waals surface area contributed by atoms with Crippen molar-refractivity contribution < 1.29 is 0 Å². The minimum absolute atomic E-state index is 0.316. The number of hydrogen-bond acceptors (Lipinski definition) is 1. The monoisotopic (exact) mass is 223 g/mol. The van der Waals surface area contributed by atoms with Crippen LogP contribution in [0.3, 0.4) is 0 Å². The fourth-order valence-electron chi connectivity index (χ4n) is 1.47. The maximum Gasteiger partial charge on any atom is 0.00105 e. The van der Waals surface area contributed by atoms with Crippen LogP contribution < -0.4 is 5.73 Å². The van der Waals surface area contributed by atoms with Gasteiger partial charge in [-0.05, 0) is 51.2 Å². The highest BCUT2D eigenvalue weighted by molar-refractivity contribution is 5.30. The van der Waals surface area contributed by atoms with Crippen LogP contribution in [-0.4, -0.2) is 6.04 Å². The van der Waals surface area contributed by atoms with E-state index in [1.54, 1.807) is 0 Å². The lowest BCUT2D eigenvalue weighted by Gasteiger charge is -2.08. The smallest absolute Gasteiger partial charge is 0.00105 e. The maximum atomic E-state index is 5.70. The molecule has 0 saturated carbocycles. The topological polar surface area (TPSA) is 26.0 Å². The number of nitrogens with two attached hydrogens (primary N) is 1. The van der Waals surface area contributed by atoms with E-state index < -0.39 is 0 Å². The number of allylic oxidation sites excluding steroid dienone is 5. The van der Waals surface area contributed by atoms with Crippen molar-refractivity contribution in [3.63, 3.8) is 0 Å². The molecule has 1 heteroatoms. The van der Waals surface area contributed by atoms with Gasteiger partial charge in [0.1, 0.15) is 0 Å². The average molecular weight is 223 g/mol. The van der Waals surface area contributed by atoms with Gasteiger partial charge in [-0.1, -0.05) is 38.7 Å². The minimum Gasteiger partial charge on any atom is -0.328 e. The van der Waals surface area contributed by atoms with Gasteiger partial charge in [0.05, 0.1) is 0 Å². The van der Waals surface area contributed by atoms with Crippen LogP contribution in [0.4, 0.5) is 0 Å². The Morgan fingerprint density at radius 2 is 1.94 bits per heavy atom. The highest BCUT2D eigenvalue weighted by Crippen LogP contribution is 2.17. The van der Waals surface area contributed by atoms with Crippen LogP contribution in [-0.2, 0) is 0 Å². The van der Waals surface area contributed by atoms with Gasteiger partial charge in [-0.25, -0.2) is 0 Å². The Bertz CT molecular complexity index is 222. The van der Waals surface area contributed by atoms with Crippen LogP contribution in [0.1, 0.15) is 53.9 Å². The first-order valence-corrected chi connectivity index (χ1v) is 6.32. The van der Waals surface area contributed by atoms with E-state index in [0.717, 1.165) is 12.8 Å². The van der Waals surface area contributed by atoms with E-state index in [2.05, 4.69) is 39.5 Å². The molecular formula is C15H29N. The van der Waals surface area contributed by atoms with Crippen molar-refractivity contribution >= 4 is 0 Å². The molecule has 94 valence electrons. The maximum absolute atomic E-state index is 5.70. The Hall–Kier alpha value is -0.820. The van der Waals surface area contributed by atoms with E-state index in [0.29, 0.717) is 6.04 Å². The fourth-order valence-corrected chi connectivity index (χ4v) is 1.47. The molecule has 0 aromatic heterocycles. The molecule has 0 saturated heterocycles. The average Bonchev–Trinajstić information content (AvgIpc) is 2.27. The van der Waals surface area contributed by atoms with Crippen molar-refractivity contribution in [1.82, 2.24) is 0 Å². The first kappa shape index (κ1) is 17.6. The lowest BCUT2D eigenvalue weighted by molar-refractivity contribution is 0.623. The Morgan fingerprint density at radius 3 is 2.31 bits per heavy atom. The van der Waals surface area contributed by atoms with E-state index in [-0.39, 0.29) is 0 Å². The van der Waals surface area contributed by atoms with Gasteiger partial charge >= 0.3 is 0 Å². The van der Waals surface area contributed by atoms with Crippen LogP contribution >= 0.6 is 0 Å². The summed E-state index contributed by atoms with van der Waals surface area (Å²) in [6, 6.07) is 0.316. The van der Waals surface area contributed by atoms with Gasteiger partial charge in [0.15, 0.2) is 0 Å². The molecule has 0 aromatic carbocycles. The van der Waals surface area contributed by atoms with Crippen LogP contribution in [0.2, 0.25) is 0 Å². The summed E-state index contributed by atoms with van der Waals surface area (Å²) in [4.78, 5) is 0. The summed E-state index contributed by atoms with van der Waals surface area (Å²) in [5.41, 5.74) is 8.42. The SMILES string of the molecule is C=C/C=C(C)\C(=C/C)CCCC(C)N.CC. The van der Waals surface area contributed by atoms with Crippen molar-refractivity contribution in [2.75, 3.05) is 0 Å². The molecule has 0 spiro atoms. The lowest BCUT2D eigenvalue weighted by atomic mass is 9.99.